The van der Waals surface area contributed by atoms with E-state index in [4.69, 9.17) is 0 Å². The summed E-state index contributed by atoms with van der Waals surface area (Å²) in [4.78, 5) is 4.25. The molecule has 0 bridgehead atoms. The summed E-state index contributed by atoms with van der Waals surface area (Å²) in [6.45, 7) is 3.90. The molecule has 0 atom stereocenters. The first-order valence-electron chi connectivity index (χ1n) is 3.67. The average Bonchev–Trinajstić information content (AvgIpc) is 2.28. The highest BCUT2D eigenvalue weighted by molar-refractivity contribution is 9.10. The minimum Gasteiger partial charge on any atom is -0.224 e. The molecule has 0 N–H and O–H groups in total. The molecule has 0 saturated carbocycles. The van der Waals surface area contributed by atoms with E-state index in [9.17, 15) is 0 Å². The van der Waals surface area contributed by atoms with Crippen molar-refractivity contribution < 1.29 is 0 Å². The third-order valence-electron chi connectivity index (χ3n) is 1.75. The molecule has 0 aliphatic rings. The summed E-state index contributed by atoms with van der Waals surface area (Å²) in [6, 6.07) is 3.98. The van der Waals surface area contributed by atoms with Crippen molar-refractivity contribution in [2.75, 3.05) is 0 Å². The van der Waals surface area contributed by atoms with Crippen molar-refractivity contribution in [1.29, 1.82) is 0 Å². The van der Waals surface area contributed by atoms with E-state index in [-0.39, 0.29) is 0 Å². The summed E-state index contributed by atoms with van der Waals surface area (Å²) < 4.78 is 2.69. The maximum absolute atomic E-state index is 4.32. The summed E-state index contributed by atoms with van der Waals surface area (Å²) in [5, 5.41) is 4.32. The van der Waals surface area contributed by atoms with Gasteiger partial charge >= 0.3 is 0 Å². The average molecular weight is 226 g/mol. The second-order valence-electron chi connectivity index (χ2n) is 2.72. The smallest absolute Gasteiger partial charge is 0.133 e. The molecule has 2 rings (SSSR count). The highest BCUT2D eigenvalue weighted by atomic mass is 79.9. The van der Waals surface area contributed by atoms with Crippen LogP contribution in [0.15, 0.2) is 16.7 Å². The number of nitrogens with zero attached hydrogens (tertiary/aromatic N) is 3. The predicted molar refractivity (Wildman–Crippen MR) is 50.2 cm³/mol. The molecule has 2 aromatic rings. The molecule has 0 aromatic carbocycles. The van der Waals surface area contributed by atoms with Gasteiger partial charge in [-0.1, -0.05) is 0 Å². The van der Waals surface area contributed by atoms with Gasteiger partial charge in [-0.25, -0.2) is 9.50 Å². The van der Waals surface area contributed by atoms with Crippen molar-refractivity contribution in [2.45, 2.75) is 13.8 Å². The van der Waals surface area contributed by atoms with E-state index in [0.29, 0.717) is 0 Å². The Hall–Kier alpha value is -0.900. The standard InChI is InChI=1S/C8H8BrN3/c1-5-3-4-7-8(9)10-6(2)12(7)11-5/h3-4H,1-2H3. The van der Waals surface area contributed by atoms with Crippen LogP contribution in [0.1, 0.15) is 11.5 Å². The van der Waals surface area contributed by atoms with E-state index in [2.05, 4.69) is 26.0 Å². The number of hydrogen-bond acceptors (Lipinski definition) is 2. The summed E-state index contributed by atoms with van der Waals surface area (Å²) >= 11 is 3.37. The molecule has 12 heavy (non-hydrogen) atoms. The molecule has 0 amide bonds. The molecule has 3 nitrogen and oxygen atoms in total. The third kappa shape index (κ3) is 1.03. The Morgan fingerprint density at radius 1 is 1.33 bits per heavy atom. The molecule has 0 aliphatic carbocycles. The zero-order valence-corrected chi connectivity index (χ0v) is 8.46. The van der Waals surface area contributed by atoms with Crippen molar-refractivity contribution >= 4 is 21.4 Å². The van der Waals surface area contributed by atoms with Crippen molar-refractivity contribution in [3.8, 4) is 0 Å². The quantitative estimate of drug-likeness (QED) is 0.688. The highest BCUT2D eigenvalue weighted by Crippen LogP contribution is 2.17. The highest BCUT2D eigenvalue weighted by Gasteiger charge is 2.05. The molecular weight excluding hydrogens is 218 g/mol. The van der Waals surface area contributed by atoms with Gasteiger partial charge in [0.05, 0.1) is 11.2 Å². The SMILES string of the molecule is Cc1ccc2c(Br)nc(C)n2n1. The maximum atomic E-state index is 4.32. The molecule has 0 aliphatic heterocycles. The van der Waals surface area contributed by atoms with Gasteiger partial charge in [0.25, 0.3) is 0 Å². The molecular formula is C8H8BrN3. The van der Waals surface area contributed by atoms with Crippen LogP contribution in [0.4, 0.5) is 0 Å². The van der Waals surface area contributed by atoms with Crippen LogP contribution >= 0.6 is 15.9 Å². The number of halogens is 1. The van der Waals surface area contributed by atoms with Crippen LogP contribution < -0.4 is 0 Å². The normalized spacial score (nSPS) is 10.9. The van der Waals surface area contributed by atoms with E-state index in [1.54, 1.807) is 0 Å². The Labute approximate surface area is 78.6 Å². The molecule has 4 heteroatoms. The minimum atomic E-state index is 0.854. The fourth-order valence-electron chi connectivity index (χ4n) is 1.16. The van der Waals surface area contributed by atoms with Crippen LogP contribution in [0.3, 0.4) is 0 Å². The lowest BCUT2D eigenvalue weighted by atomic mass is 10.4. The fourth-order valence-corrected chi connectivity index (χ4v) is 1.72. The van der Waals surface area contributed by atoms with Crippen molar-refractivity contribution in [3.63, 3.8) is 0 Å². The molecule has 0 unspecified atom stereocenters. The molecule has 0 spiro atoms. The van der Waals surface area contributed by atoms with E-state index < -0.39 is 0 Å². The van der Waals surface area contributed by atoms with Gasteiger partial charge in [0.15, 0.2) is 0 Å². The summed E-state index contributed by atoms with van der Waals surface area (Å²) in [6.07, 6.45) is 0. The molecule has 0 radical (unpaired) electrons. The lowest BCUT2D eigenvalue weighted by molar-refractivity contribution is 0.852. The van der Waals surface area contributed by atoms with Crippen LogP contribution in [-0.4, -0.2) is 14.6 Å². The van der Waals surface area contributed by atoms with Crippen LogP contribution in [0.5, 0.6) is 0 Å². The Bertz CT molecular complexity index is 433. The lowest BCUT2D eigenvalue weighted by Gasteiger charge is -1.95. The van der Waals surface area contributed by atoms with E-state index in [1.165, 1.54) is 0 Å². The predicted octanol–water partition coefficient (Wildman–Crippen LogP) is 2.11. The molecule has 0 saturated heterocycles. The Balaban J connectivity index is 2.90. The van der Waals surface area contributed by atoms with Gasteiger partial charge in [-0.05, 0) is 41.9 Å². The minimum absolute atomic E-state index is 0.854. The zero-order chi connectivity index (χ0) is 8.72. The van der Waals surface area contributed by atoms with E-state index in [1.807, 2.05) is 30.5 Å². The van der Waals surface area contributed by atoms with Gasteiger partial charge in [-0.2, -0.15) is 5.10 Å². The first-order valence-corrected chi connectivity index (χ1v) is 4.46. The van der Waals surface area contributed by atoms with Gasteiger partial charge < -0.3 is 0 Å². The van der Waals surface area contributed by atoms with Crippen molar-refractivity contribution in [2.24, 2.45) is 0 Å². The largest absolute Gasteiger partial charge is 0.224 e. The zero-order valence-electron chi connectivity index (χ0n) is 6.87. The van der Waals surface area contributed by atoms with Crippen molar-refractivity contribution in [3.05, 3.63) is 28.3 Å². The van der Waals surface area contributed by atoms with Crippen LogP contribution in [0, 0.1) is 13.8 Å². The third-order valence-corrected chi connectivity index (χ3v) is 2.33. The summed E-state index contributed by atoms with van der Waals surface area (Å²) in [5.41, 5.74) is 2.01. The van der Waals surface area contributed by atoms with Gasteiger partial charge in [-0.3, -0.25) is 0 Å². The summed E-state index contributed by atoms with van der Waals surface area (Å²) in [7, 11) is 0. The van der Waals surface area contributed by atoms with Crippen LogP contribution in [0.2, 0.25) is 0 Å². The van der Waals surface area contributed by atoms with Gasteiger partial charge in [0.2, 0.25) is 0 Å². The van der Waals surface area contributed by atoms with Crippen molar-refractivity contribution in [1.82, 2.24) is 14.6 Å². The van der Waals surface area contributed by atoms with Gasteiger partial charge in [0, 0.05) is 0 Å². The Morgan fingerprint density at radius 3 is 2.83 bits per heavy atom. The summed E-state index contributed by atoms with van der Waals surface area (Å²) in [5.74, 6) is 0.903. The molecule has 2 heterocycles. The second-order valence-corrected chi connectivity index (χ2v) is 3.47. The van der Waals surface area contributed by atoms with E-state index in [0.717, 1.165) is 21.6 Å². The van der Waals surface area contributed by atoms with Crippen LogP contribution in [0.25, 0.3) is 5.52 Å². The van der Waals surface area contributed by atoms with Gasteiger partial charge in [0.1, 0.15) is 10.4 Å². The Morgan fingerprint density at radius 2 is 2.08 bits per heavy atom. The second kappa shape index (κ2) is 2.55. The number of imidazole rings is 1. The number of aromatic nitrogens is 3. The molecule has 62 valence electrons. The van der Waals surface area contributed by atoms with Crippen LogP contribution in [-0.2, 0) is 0 Å². The molecule has 2 aromatic heterocycles. The van der Waals surface area contributed by atoms with Gasteiger partial charge in [-0.15, -0.1) is 0 Å². The topological polar surface area (TPSA) is 30.2 Å². The van der Waals surface area contributed by atoms with E-state index >= 15 is 0 Å². The number of aryl methyl sites for hydroxylation is 2. The maximum Gasteiger partial charge on any atom is 0.133 e. The fraction of sp³-hybridized carbons (Fsp3) is 0.250. The number of fused-ring (bicyclic) bond motifs is 1. The first kappa shape index (κ1) is 7.73. The lowest BCUT2D eigenvalue weighted by Crippen LogP contribution is -1.95. The monoisotopic (exact) mass is 225 g/mol. The molecule has 0 fully saturated rings. The first-order chi connectivity index (χ1) is 5.68. The number of hydrogen-bond donors (Lipinski definition) is 0. The Kier molecular flexibility index (Phi) is 1.65. The number of rotatable bonds is 0.